The number of nitrogens with zero attached hydrogens (tertiary/aromatic N) is 1. The molecule has 1 unspecified atom stereocenters. The van der Waals surface area contributed by atoms with Crippen molar-refractivity contribution in [2.24, 2.45) is 0 Å². The second-order valence-corrected chi connectivity index (χ2v) is 5.41. The number of benzene rings is 1. The molecule has 2 rings (SSSR count). The van der Waals surface area contributed by atoms with E-state index < -0.39 is 11.7 Å². The Morgan fingerprint density at radius 1 is 1.20 bits per heavy atom. The third kappa shape index (κ3) is 5.46. The molecule has 0 aliphatic heterocycles. The maximum absolute atomic E-state index is 12.5. The molecular formula is C17H18F3N3O2. The van der Waals surface area contributed by atoms with E-state index in [1.54, 1.807) is 31.3 Å². The smallest absolute Gasteiger partial charge is 0.417 e. The molecule has 8 heteroatoms. The van der Waals surface area contributed by atoms with Crippen LogP contribution >= 0.6 is 0 Å². The van der Waals surface area contributed by atoms with Crippen LogP contribution in [-0.4, -0.2) is 30.5 Å². The summed E-state index contributed by atoms with van der Waals surface area (Å²) in [4.78, 5) is 15.6. The van der Waals surface area contributed by atoms with Crippen LogP contribution in [0.2, 0.25) is 0 Å². The number of alkyl halides is 3. The summed E-state index contributed by atoms with van der Waals surface area (Å²) in [5, 5.41) is 5.79. The molecule has 0 spiro atoms. The summed E-state index contributed by atoms with van der Waals surface area (Å²) in [7, 11) is 1.80. The molecule has 0 bridgehead atoms. The lowest BCUT2D eigenvalue weighted by atomic mass is 10.2. The van der Waals surface area contributed by atoms with E-state index in [4.69, 9.17) is 4.74 Å². The van der Waals surface area contributed by atoms with Crippen LogP contribution in [0.3, 0.4) is 0 Å². The third-order valence-corrected chi connectivity index (χ3v) is 3.46. The van der Waals surface area contributed by atoms with E-state index in [1.807, 2.05) is 6.92 Å². The lowest BCUT2D eigenvalue weighted by molar-refractivity contribution is -0.137. The molecule has 2 aromatic rings. The van der Waals surface area contributed by atoms with Crippen molar-refractivity contribution in [1.29, 1.82) is 0 Å². The maximum Gasteiger partial charge on any atom is 0.417 e. The standard InChI is InChI=1S/C17H18F3N3O2/c1-11(21-2)9-23-16(24)12-3-6-14(7-4-12)25-15-8-5-13(10-22-15)17(18,19)20/h3-8,10-11,21H,9H2,1-2H3,(H,23,24). The molecule has 25 heavy (non-hydrogen) atoms. The zero-order valence-electron chi connectivity index (χ0n) is 13.7. The van der Waals surface area contributed by atoms with E-state index in [9.17, 15) is 18.0 Å². The lowest BCUT2D eigenvalue weighted by Crippen LogP contribution is -2.37. The van der Waals surface area contributed by atoms with Crippen LogP contribution < -0.4 is 15.4 Å². The van der Waals surface area contributed by atoms with E-state index in [0.29, 0.717) is 24.1 Å². The average molecular weight is 353 g/mol. The molecule has 1 aromatic heterocycles. The van der Waals surface area contributed by atoms with E-state index in [-0.39, 0.29) is 17.8 Å². The predicted molar refractivity (Wildman–Crippen MR) is 86.6 cm³/mol. The number of ether oxygens (including phenoxy) is 1. The van der Waals surface area contributed by atoms with Gasteiger partial charge in [-0.2, -0.15) is 13.2 Å². The number of rotatable bonds is 6. The van der Waals surface area contributed by atoms with Gasteiger partial charge in [-0.3, -0.25) is 4.79 Å². The van der Waals surface area contributed by atoms with Gasteiger partial charge in [0.15, 0.2) is 0 Å². The minimum absolute atomic E-state index is 0.0352. The average Bonchev–Trinajstić information content (AvgIpc) is 2.59. The number of nitrogens with one attached hydrogen (secondary N) is 2. The number of carbonyl (C=O) groups is 1. The molecule has 0 fully saturated rings. The fourth-order valence-corrected chi connectivity index (χ4v) is 1.85. The van der Waals surface area contributed by atoms with Crippen molar-refractivity contribution in [3.63, 3.8) is 0 Å². The molecule has 1 aromatic carbocycles. The highest BCUT2D eigenvalue weighted by Crippen LogP contribution is 2.30. The summed E-state index contributed by atoms with van der Waals surface area (Å²) >= 11 is 0. The third-order valence-electron chi connectivity index (χ3n) is 3.46. The Morgan fingerprint density at radius 3 is 2.40 bits per heavy atom. The van der Waals surface area contributed by atoms with E-state index in [1.165, 1.54) is 0 Å². The van der Waals surface area contributed by atoms with Crippen LogP contribution in [-0.2, 0) is 6.18 Å². The Hall–Kier alpha value is -2.61. The Balaban J connectivity index is 1.97. The lowest BCUT2D eigenvalue weighted by Gasteiger charge is -2.11. The van der Waals surface area contributed by atoms with Gasteiger partial charge in [0.25, 0.3) is 5.91 Å². The largest absolute Gasteiger partial charge is 0.439 e. The summed E-state index contributed by atoms with van der Waals surface area (Å²) in [5.74, 6) is 0.182. The van der Waals surface area contributed by atoms with Gasteiger partial charge in [-0.15, -0.1) is 0 Å². The van der Waals surface area contributed by atoms with Gasteiger partial charge in [-0.25, -0.2) is 4.98 Å². The molecule has 0 saturated heterocycles. The van der Waals surface area contributed by atoms with Crippen molar-refractivity contribution in [3.8, 4) is 11.6 Å². The molecule has 5 nitrogen and oxygen atoms in total. The number of pyridine rings is 1. The number of hydrogen-bond donors (Lipinski definition) is 2. The molecule has 0 saturated carbocycles. The summed E-state index contributed by atoms with van der Waals surface area (Å²) < 4.78 is 42.8. The Bertz CT molecular complexity index is 701. The van der Waals surface area contributed by atoms with Crippen molar-refractivity contribution >= 4 is 5.91 Å². The number of carbonyl (C=O) groups excluding carboxylic acids is 1. The number of halogens is 3. The first-order valence-electron chi connectivity index (χ1n) is 7.56. The minimum Gasteiger partial charge on any atom is -0.439 e. The normalized spacial score (nSPS) is 12.5. The van der Waals surface area contributed by atoms with Crippen LogP contribution in [0.25, 0.3) is 0 Å². The number of likely N-dealkylation sites (N-methyl/N-ethyl adjacent to an activating group) is 1. The quantitative estimate of drug-likeness (QED) is 0.837. The highest BCUT2D eigenvalue weighted by Gasteiger charge is 2.30. The van der Waals surface area contributed by atoms with Gasteiger partial charge in [0, 0.05) is 30.4 Å². The van der Waals surface area contributed by atoms with Crippen molar-refractivity contribution < 1.29 is 22.7 Å². The highest BCUT2D eigenvalue weighted by atomic mass is 19.4. The molecule has 1 atom stereocenters. The van der Waals surface area contributed by atoms with Crippen LogP contribution in [0.4, 0.5) is 13.2 Å². The Kier molecular flexibility index (Phi) is 5.97. The molecule has 0 aliphatic carbocycles. The van der Waals surface area contributed by atoms with E-state index in [0.717, 1.165) is 12.1 Å². The zero-order chi connectivity index (χ0) is 18.4. The zero-order valence-corrected chi connectivity index (χ0v) is 13.7. The molecule has 2 N–H and O–H groups in total. The van der Waals surface area contributed by atoms with Crippen LogP contribution in [0.15, 0.2) is 42.6 Å². The van der Waals surface area contributed by atoms with Crippen molar-refractivity contribution in [2.75, 3.05) is 13.6 Å². The summed E-state index contributed by atoms with van der Waals surface area (Å²) in [6, 6.07) is 8.43. The minimum atomic E-state index is -4.44. The van der Waals surface area contributed by atoms with Crippen molar-refractivity contribution in [1.82, 2.24) is 15.6 Å². The number of hydrogen-bond acceptors (Lipinski definition) is 4. The fraction of sp³-hybridized carbons (Fsp3) is 0.294. The number of amides is 1. The second-order valence-electron chi connectivity index (χ2n) is 5.41. The first-order valence-corrected chi connectivity index (χ1v) is 7.56. The van der Waals surface area contributed by atoms with E-state index in [2.05, 4.69) is 15.6 Å². The topological polar surface area (TPSA) is 63.2 Å². The summed E-state index contributed by atoms with van der Waals surface area (Å²) in [6.07, 6.45) is -3.73. The Morgan fingerprint density at radius 2 is 1.88 bits per heavy atom. The first-order chi connectivity index (χ1) is 11.8. The van der Waals surface area contributed by atoms with Gasteiger partial charge < -0.3 is 15.4 Å². The van der Waals surface area contributed by atoms with Gasteiger partial charge in [0.2, 0.25) is 5.88 Å². The van der Waals surface area contributed by atoms with Gasteiger partial charge in [-0.1, -0.05) is 0 Å². The summed E-state index contributed by atoms with van der Waals surface area (Å²) in [6.45, 7) is 2.43. The molecule has 0 aliphatic rings. The van der Waals surface area contributed by atoms with Crippen molar-refractivity contribution in [2.45, 2.75) is 19.1 Å². The molecule has 1 amide bonds. The summed E-state index contributed by atoms with van der Waals surface area (Å²) in [5.41, 5.74) is -0.390. The molecule has 0 radical (unpaired) electrons. The molecule has 1 heterocycles. The maximum atomic E-state index is 12.5. The highest BCUT2D eigenvalue weighted by molar-refractivity contribution is 5.94. The monoisotopic (exact) mass is 353 g/mol. The van der Waals surface area contributed by atoms with Gasteiger partial charge in [0.05, 0.1) is 5.56 Å². The van der Waals surface area contributed by atoms with Gasteiger partial charge in [0.1, 0.15) is 5.75 Å². The molecule has 134 valence electrons. The first kappa shape index (κ1) is 18.7. The molecular weight excluding hydrogens is 335 g/mol. The van der Waals surface area contributed by atoms with Crippen LogP contribution in [0.5, 0.6) is 11.6 Å². The van der Waals surface area contributed by atoms with E-state index >= 15 is 0 Å². The van der Waals surface area contributed by atoms with Crippen LogP contribution in [0.1, 0.15) is 22.8 Å². The van der Waals surface area contributed by atoms with Crippen LogP contribution in [0, 0.1) is 0 Å². The second kappa shape index (κ2) is 7.98. The predicted octanol–water partition coefficient (Wildman–Crippen LogP) is 3.23. The fourth-order valence-electron chi connectivity index (χ4n) is 1.85. The Labute approximate surface area is 143 Å². The van der Waals surface area contributed by atoms with Gasteiger partial charge >= 0.3 is 6.18 Å². The van der Waals surface area contributed by atoms with Gasteiger partial charge in [-0.05, 0) is 44.3 Å². The SMILES string of the molecule is CNC(C)CNC(=O)c1ccc(Oc2ccc(C(F)(F)F)cn2)cc1. The van der Waals surface area contributed by atoms with Crippen molar-refractivity contribution in [3.05, 3.63) is 53.7 Å². The number of aromatic nitrogens is 1.